The number of non-ortho nitro benzene ring substituents is 1. The Morgan fingerprint density at radius 3 is 2.61 bits per heavy atom. The third-order valence-electron chi connectivity index (χ3n) is 4.27. The number of ether oxygens (including phenoxy) is 2. The molecule has 138 valence electrons. The zero-order valence-electron chi connectivity index (χ0n) is 14.7. The molecule has 3 aromatic carbocycles. The number of hydrogen-bond acceptors (Lipinski definition) is 5. The van der Waals surface area contributed by atoms with Gasteiger partial charge in [-0.1, -0.05) is 42.5 Å². The fourth-order valence-electron chi connectivity index (χ4n) is 2.88. The van der Waals surface area contributed by atoms with Crippen molar-refractivity contribution in [3.05, 3.63) is 105 Å². The van der Waals surface area contributed by atoms with E-state index in [1.165, 1.54) is 18.2 Å². The number of nitrogens with zero attached hydrogens (tertiary/aromatic N) is 1. The quantitative estimate of drug-likeness (QED) is 0.365. The standard InChI is InChI=1S/C22H15NO5/c24-22-19-10-9-18(27-14-15-5-2-1-3-6-15)13-20(19)28-21(22)12-16-7-4-8-17(11-16)23(25)26/h1-13H,14H2. The second kappa shape index (κ2) is 7.36. The van der Waals surface area contributed by atoms with Crippen molar-refractivity contribution in [1.82, 2.24) is 0 Å². The molecule has 4 rings (SSSR count). The predicted molar refractivity (Wildman–Crippen MR) is 103 cm³/mol. The molecule has 0 amide bonds. The molecule has 0 saturated carbocycles. The second-order valence-corrected chi connectivity index (χ2v) is 6.22. The van der Waals surface area contributed by atoms with Crippen LogP contribution >= 0.6 is 0 Å². The van der Waals surface area contributed by atoms with Crippen molar-refractivity contribution in [2.24, 2.45) is 0 Å². The molecule has 6 heteroatoms. The Morgan fingerprint density at radius 1 is 1.00 bits per heavy atom. The molecule has 0 fully saturated rings. The minimum absolute atomic E-state index is 0.0473. The number of nitro benzene ring substituents is 1. The molecule has 0 saturated heterocycles. The molecule has 6 nitrogen and oxygen atoms in total. The van der Waals surface area contributed by atoms with E-state index in [1.54, 1.807) is 30.3 Å². The average molecular weight is 373 g/mol. The van der Waals surface area contributed by atoms with Crippen molar-refractivity contribution in [2.75, 3.05) is 0 Å². The first kappa shape index (κ1) is 17.5. The summed E-state index contributed by atoms with van der Waals surface area (Å²) in [6.07, 6.45) is 1.50. The first-order valence-corrected chi connectivity index (χ1v) is 8.59. The van der Waals surface area contributed by atoms with Gasteiger partial charge >= 0.3 is 0 Å². The van der Waals surface area contributed by atoms with Gasteiger partial charge in [0.2, 0.25) is 5.78 Å². The fraction of sp³-hybridized carbons (Fsp3) is 0.0455. The Hall–Kier alpha value is -3.93. The SMILES string of the molecule is O=C1C(=Cc2cccc([N+](=O)[O-])c2)Oc2cc(OCc3ccccc3)ccc21. The summed E-state index contributed by atoms with van der Waals surface area (Å²) in [6, 6.07) is 20.8. The number of allylic oxidation sites excluding steroid dienone is 1. The van der Waals surface area contributed by atoms with Gasteiger partial charge in [0, 0.05) is 18.2 Å². The van der Waals surface area contributed by atoms with Crippen LogP contribution in [0.5, 0.6) is 11.5 Å². The highest BCUT2D eigenvalue weighted by molar-refractivity contribution is 6.14. The van der Waals surface area contributed by atoms with Crippen molar-refractivity contribution in [2.45, 2.75) is 6.61 Å². The number of nitro groups is 1. The van der Waals surface area contributed by atoms with Crippen LogP contribution in [0.3, 0.4) is 0 Å². The van der Waals surface area contributed by atoms with Crippen LogP contribution in [0.1, 0.15) is 21.5 Å². The summed E-state index contributed by atoms with van der Waals surface area (Å²) >= 11 is 0. The smallest absolute Gasteiger partial charge is 0.270 e. The Kier molecular flexibility index (Phi) is 4.60. The summed E-state index contributed by atoms with van der Waals surface area (Å²) in [7, 11) is 0. The zero-order chi connectivity index (χ0) is 19.5. The van der Waals surface area contributed by atoms with Crippen LogP contribution in [0.4, 0.5) is 5.69 Å². The molecule has 0 radical (unpaired) electrons. The van der Waals surface area contributed by atoms with E-state index in [4.69, 9.17) is 9.47 Å². The summed E-state index contributed by atoms with van der Waals surface area (Å²) in [6.45, 7) is 0.407. The van der Waals surface area contributed by atoms with Crippen molar-refractivity contribution < 1.29 is 19.2 Å². The largest absolute Gasteiger partial charge is 0.489 e. The van der Waals surface area contributed by atoms with Gasteiger partial charge in [-0.05, 0) is 29.3 Å². The lowest BCUT2D eigenvalue weighted by Crippen LogP contribution is -1.98. The average Bonchev–Trinajstić information content (AvgIpc) is 3.02. The normalized spacial score (nSPS) is 13.9. The molecule has 1 aliphatic rings. The molecule has 28 heavy (non-hydrogen) atoms. The van der Waals surface area contributed by atoms with Gasteiger partial charge in [-0.2, -0.15) is 0 Å². The summed E-state index contributed by atoms with van der Waals surface area (Å²) in [5, 5.41) is 10.9. The van der Waals surface area contributed by atoms with Crippen LogP contribution in [0.25, 0.3) is 6.08 Å². The lowest BCUT2D eigenvalue weighted by molar-refractivity contribution is -0.384. The molecule has 0 atom stereocenters. The minimum atomic E-state index is -0.482. The maximum atomic E-state index is 12.5. The minimum Gasteiger partial charge on any atom is -0.489 e. The van der Waals surface area contributed by atoms with Gasteiger partial charge in [0.1, 0.15) is 18.1 Å². The first-order valence-electron chi connectivity index (χ1n) is 8.59. The van der Waals surface area contributed by atoms with Crippen molar-refractivity contribution in [3.63, 3.8) is 0 Å². The molecule has 0 spiro atoms. The third kappa shape index (κ3) is 3.61. The number of hydrogen-bond donors (Lipinski definition) is 0. The Balaban J connectivity index is 1.53. The van der Waals surface area contributed by atoms with Crippen LogP contribution < -0.4 is 9.47 Å². The van der Waals surface area contributed by atoms with Crippen molar-refractivity contribution in [3.8, 4) is 11.5 Å². The summed E-state index contributed by atoms with van der Waals surface area (Å²) < 4.78 is 11.4. The second-order valence-electron chi connectivity index (χ2n) is 6.22. The van der Waals surface area contributed by atoms with Crippen LogP contribution in [0.15, 0.2) is 78.6 Å². The maximum Gasteiger partial charge on any atom is 0.270 e. The first-order chi connectivity index (χ1) is 13.6. The van der Waals surface area contributed by atoms with Gasteiger partial charge in [0.25, 0.3) is 5.69 Å². The van der Waals surface area contributed by atoms with Gasteiger partial charge < -0.3 is 9.47 Å². The molecule has 0 aliphatic carbocycles. The Bertz CT molecular complexity index is 1090. The summed E-state index contributed by atoms with van der Waals surface area (Å²) in [4.78, 5) is 23.0. The molecule has 0 bridgehead atoms. The summed E-state index contributed by atoms with van der Waals surface area (Å²) in [5.41, 5.74) is 1.94. The van der Waals surface area contributed by atoms with Crippen molar-refractivity contribution in [1.29, 1.82) is 0 Å². The third-order valence-corrected chi connectivity index (χ3v) is 4.27. The van der Waals surface area contributed by atoms with E-state index in [0.29, 0.717) is 29.2 Å². The van der Waals surface area contributed by atoms with Crippen LogP contribution in [-0.2, 0) is 6.61 Å². The van der Waals surface area contributed by atoms with Gasteiger partial charge in [-0.15, -0.1) is 0 Å². The van der Waals surface area contributed by atoms with Gasteiger partial charge in [0.05, 0.1) is 10.5 Å². The van der Waals surface area contributed by atoms with E-state index in [2.05, 4.69) is 0 Å². The molecule has 3 aromatic rings. The van der Waals surface area contributed by atoms with E-state index in [9.17, 15) is 14.9 Å². The highest BCUT2D eigenvalue weighted by atomic mass is 16.6. The number of rotatable bonds is 5. The van der Waals surface area contributed by atoms with Gasteiger partial charge in [-0.3, -0.25) is 14.9 Å². The number of carbonyl (C=O) groups is 1. The monoisotopic (exact) mass is 373 g/mol. The van der Waals surface area contributed by atoms with Crippen molar-refractivity contribution >= 4 is 17.5 Å². The number of fused-ring (bicyclic) bond motifs is 1. The molecule has 1 heterocycles. The molecular formula is C22H15NO5. The Labute approximate surface area is 160 Å². The topological polar surface area (TPSA) is 78.7 Å². The highest BCUT2D eigenvalue weighted by Gasteiger charge is 2.27. The molecule has 0 unspecified atom stereocenters. The van der Waals surface area contributed by atoms with E-state index < -0.39 is 4.92 Å². The Morgan fingerprint density at radius 2 is 1.82 bits per heavy atom. The molecular weight excluding hydrogens is 358 g/mol. The number of ketones is 1. The molecule has 0 aromatic heterocycles. The zero-order valence-corrected chi connectivity index (χ0v) is 14.7. The van der Waals surface area contributed by atoms with E-state index in [-0.39, 0.29) is 17.2 Å². The molecule has 1 aliphatic heterocycles. The van der Waals surface area contributed by atoms with E-state index >= 15 is 0 Å². The number of Topliss-reactive ketones (excluding diaryl/α,β-unsaturated/α-hetero) is 1. The van der Waals surface area contributed by atoms with E-state index in [0.717, 1.165) is 5.56 Å². The van der Waals surface area contributed by atoms with E-state index in [1.807, 2.05) is 30.3 Å². The number of benzene rings is 3. The molecule has 0 N–H and O–H groups in total. The predicted octanol–water partition coefficient (Wildman–Crippen LogP) is 4.79. The lowest BCUT2D eigenvalue weighted by Gasteiger charge is -2.07. The lowest BCUT2D eigenvalue weighted by atomic mass is 10.1. The van der Waals surface area contributed by atoms with Crippen LogP contribution in [0.2, 0.25) is 0 Å². The number of carbonyl (C=O) groups excluding carboxylic acids is 1. The summed E-state index contributed by atoms with van der Waals surface area (Å²) in [5.74, 6) is 0.853. The highest BCUT2D eigenvalue weighted by Crippen LogP contribution is 2.35. The fourth-order valence-corrected chi connectivity index (χ4v) is 2.88. The maximum absolute atomic E-state index is 12.5. The van der Waals surface area contributed by atoms with Gasteiger partial charge in [-0.25, -0.2) is 0 Å². The van der Waals surface area contributed by atoms with Gasteiger partial charge in [0.15, 0.2) is 5.76 Å². The van der Waals surface area contributed by atoms with Crippen LogP contribution in [0, 0.1) is 10.1 Å². The van der Waals surface area contributed by atoms with Crippen LogP contribution in [-0.4, -0.2) is 10.7 Å².